The minimum absolute atomic E-state index is 0.0669. The van der Waals surface area contributed by atoms with E-state index in [2.05, 4.69) is 36.5 Å². The molecule has 0 radical (unpaired) electrons. The van der Waals surface area contributed by atoms with Crippen molar-refractivity contribution in [3.05, 3.63) is 35.4 Å². The summed E-state index contributed by atoms with van der Waals surface area (Å²) < 4.78 is 0. The zero-order chi connectivity index (χ0) is 9.68. The minimum atomic E-state index is -0.0669. The Kier molecular flexibility index (Phi) is 3.65. The lowest BCUT2D eigenvalue weighted by atomic mass is 10.1. The van der Waals surface area contributed by atoms with Gasteiger partial charge in [0.1, 0.15) is 6.29 Å². The Morgan fingerprint density at radius 1 is 1.38 bits per heavy atom. The van der Waals surface area contributed by atoms with Crippen LogP contribution in [0.15, 0.2) is 24.3 Å². The van der Waals surface area contributed by atoms with E-state index in [9.17, 15) is 4.79 Å². The number of carbonyl (C=O) groups is 1. The molecule has 0 fully saturated rings. The van der Waals surface area contributed by atoms with Gasteiger partial charge in [-0.15, -0.1) is 0 Å². The lowest BCUT2D eigenvalue weighted by molar-refractivity contribution is -0.109. The van der Waals surface area contributed by atoms with Crippen molar-refractivity contribution in [2.24, 2.45) is 0 Å². The molecule has 0 aliphatic heterocycles. The fourth-order valence-corrected chi connectivity index (χ4v) is 1.20. The topological polar surface area (TPSA) is 29.1 Å². The SMILES string of the molecule is CN[C@H](C=O)Cc1ccc(C)cc1. The highest BCUT2D eigenvalue weighted by Gasteiger charge is 2.03. The van der Waals surface area contributed by atoms with E-state index in [0.29, 0.717) is 0 Å². The molecule has 1 rings (SSSR count). The first kappa shape index (κ1) is 9.93. The molecule has 1 aromatic carbocycles. The fourth-order valence-electron chi connectivity index (χ4n) is 1.20. The van der Waals surface area contributed by atoms with Crippen molar-refractivity contribution in [3.8, 4) is 0 Å². The van der Waals surface area contributed by atoms with Crippen LogP contribution in [-0.2, 0) is 11.2 Å². The van der Waals surface area contributed by atoms with E-state index >= 15 is 0 Å². The van der Waals surface area contributed by atoms with Crippen LogP contribution >= 0.6 is 0 Å². The Balaban J connectivity index is 2.63. The van der Waals surface area contributed by atoms with Crippen LogP contribution < -0.4 is 5.32 Å². The van der Waals surface area contributed by atoms with Crippen molar-refractivity contribution in [2.45, 2.75) is 19.4 Å². The predicted molar refractivity (Wildman–Crippen MR) is 53.8 cm³/mol. The van der Waals surface area contributed by atoms with Crippen LogP contribution in [0.5, 0.6) is 0 Å². The molecule has 0 aromatic heterocycles. The number of benzene rings is 1. The number of aryl methyl sites for hydroxylation is 1. The average Bonchev–Trinajstić information content (AvgIpc) is 2.17. The van der Waals surface area contributed by atoms with E-state index < -0.39 is 0 Å². The molecule has 1 aromatic rings. The molecule has 70 valence electrons. The van der Waals surface area contributed by atoms with Crippen molar-refractivity contribution in [1.82, 2.24) is 5.32 Å². The molecular weight excluding hydrogens is 162 g/mol. The summed E-state index contributed by atoms with van der Waals surface area (Å²) in [5.41, 5.74) is 2.44. The molecular formula is C11H15NO. The average molecular weight is 177 g/mol. The van der Waals surface area contributed by atoms with Gasteiger partial charge in [-0.3, -0.25) is 0 Å². The van der Waals surface area contributed by atoms with Gasteiger partial charge in [0, 0.05) is 0 Å². The minimum Gasteiger partial charge on any atom is -0.311 e. The van der Waals surface area contributed by atoms with Crippen LogP contribution in [-0.4, -0.2) is 19.4 Å². The lowest BCUT2D eigenvalue weighted by Gasteiger charge is -2.08. The summed E-state index contributed by atoms with van der Waals surface area (Å²) in [7, 11) is 1.80. The van der Waals surface area contributed by atoms with Gasteiger partial charge in [0.25, 0.3) is 0 Å². The third kappa shape index (κ3) is 2.99. The van der Waals surface area contributed by atoms with Gasteiger partial charge >= 0.3 is 0 Å². The first-order valence-electron chi connectivity index (χ1n) is 4.44. The Labute approximate surface area is 79.0 Å². The van der Waals surface area contributed by atoms with E-state index in [1.165, 1.54) is 11.1 Å². The Bertz CT molecular complexity index is 266. The van der Waals surface area contributed by atoms with E-state index in [1.807, 2.05) is 0 Å². The van der Waals surface area contributed by atoms with Gasteiger partial charge in [-0.1, -0.05) is 29.8 Å². The summed E-state index contributed by atoms with van der Waals surface area (Å²) in [5.74, 6) is 0. The standard InChI is InChI=1S/C11H15NO/c1-9-3-5-10(6-4-9)7-11(8-13)12-2/h3-6,8,11-12H,7H2,1-2H3/t11-/m0/s1. The molecule has 0 aliphatic rings. The summed E-state index contributed by atoms with van der Waals surface area (Å²) in [6.07, 6.45) is 1.71. The lowest BCUT2D eigenvalue weighted by Crippen LogP contribution is -2.28. The molecule has 0 amide bonds. The third-order valence-corrected chi connectivity index (χ3v) is 2.11. The maximum absolute atomic E-state index is 10.5. The maximum atomic E-state index is 10.5. The van der Waals surface area contributed by atoms with Crippen molar-refractivity contribution < 1.29 is 4.79 Å². The van der Waals surface area contributed by atoms with Crippen molar-refractivity contribution >= 4 is 6.29 Å². The summed E-state index contributed by atoms with van der Waals surface area (Å²) in [5, 5.41) is 2.95. The molecule has 0 saturated heterocycles. The monoisotopic (exact) mass is 177 g/mol. The summed E-state index contributed by atoms with van der Waals surface area (Å²) in [6.45, 7) is 2.05. The van der Waals surface area contributed by atoms with Crippen LogP contribution in [0.25, 0.3) is 0 Å². The largest absolute Gasteiger partial charge is 0.311 e. The molecule has 0 unspecified atom stereocenters. The van der Waals surface area contributed by atoms with E-state index in [-0.39, 0.29) is 6.04 Å². The highest BCUT2D eigenvalue weighted by atomic mass is 16.1. The van der Waals surface area contributed by atoms with Gasteiger partial charge in [-0.2, -0.15) is 0 Å². The number of likely N-dealkylation sites (N-methyl/N-ethyl adjacent to an activating group) is 1. The summed E-state index contributed by atoms with van der Waals surface area (Å²) in [6, 6.07) is 8.18. The number of hydrogen-bond donors (Lipinski definition) is 1. The number of hydrogen-bond acceptors (Lipinski definition) is 2. The normalized spacial score (nSPS) is 12.5. The highest BCUT2D eigenvalue weighted by Crippen LogP contribution is 2.04. The molecule has 0 heterocycles. The van der Waals surface area contributed by atoms with E-state index in [4.69, 9.17) is 0 Å². The number of rotatable bonds is 4. The van der Waals surface area contributed by atoms with Crippen LogP contribution in [0.3, 0.4) is 0 Å². The van der Waals surface area contributed by atoms with Crippen molar-refractivity contribution in [2.75, 3.05) is 7.05 Å². The van der Waals surface area contributed by atoms with Gasteiger partial charge in [-0.25, -0.2) is 0 Å². The molecule has 2 heteroatoms. The van der Waals surface area contributed by atoms with Crippen LogP contribution in [0, 0.1) is 6.92 Å². The zero-order valence-corrected chi connectivity index (χ0v) is 8.08. The first-order chi connectivity index (χ1) is 6.26. The molecule has 0 spiro atoms. The molecule has 2 nitrogen and oxygen atoms in total. The smallest absolute Gasteiger partial charge is 0.137 e. The Morgan fingerprint density at radius 2 is 2.00 bits per heavy atom. The first-order valence-corrected chi connectivity index (χ1v) is 4.44. The molecule has 13 heavy (non-hydrogen) atoms. The summed E-state index contributed by atoms with van der Waals surface area (Å²) in [4.78, 5) is 10.5. The molecule has 0 bridgehead atoms. The van der Waals surface area contributed by atoms with E-state index in [0.717, 1.165) is 12.7 Å². The molecule has 0 saturated carbocycles. The van der Waals surface area contributed by atoms with E-state index in [1.54, 1.807) is 7.05 Å². The zero-order valence-electron chi connectivity index (χ0n) is 8.08. The summed E-state index contributed by atoms with van der Waals surface area (Å²) >= 11 is 0. The van der Waals surface area contributed by atoms with Gasteiger partial charge < -0.3 is 10.1 Å². The molecule has 1 atom stereocenters. The second-order valence-corrected chi connectivity index (χ2v) is 3.22. The van der Waals surface area contributed by atoms with Gasteiger partial charge in [-0.05, 0) is 26.0 Å². The van der Waals surface area contributed by atoms with Crippen LogP contribution in [0.1, 0.15) is 11.1 Å². The number of carbonyl (C=O) groups excluding carboxylic acids is 1. The highest BCUT2D eigenvalue weighted by molar-refractivity contribution is 5.58. The third-order valence-electron chi connectivity index (χ3n) is 2.11. The Hall–Kier alpha value is -1.15. The van der Waals surface area contributed by atoms with Crippen LogP contribution in [0.2, 0.25) is 0 Å². The quantitative estimate of drug-likeness (QED) is 0.703. The van der Waals surface area contributed by atoms with Crippen molar-refractivity contribution in [1.29, 1.82) is 0 Å². The second kappa shape index (κ2) is 4.77. The van der Waals surface area contributed by atoms with Gasteiger partial charge in [0.05, 0.1) is 6.04 Å². The van der Waals surface area contributed by atoms with Gasteiger partial charge in [0.15, 0.2) is 0 Å². The fraction of sp³-hybridized carbons (Fsp3) is 0.364. The number of nitrogens with one attached hydrogen (secondary N) is 1. The van der Waals surface area contributed by atoms with Crippen LogP contribution in [0.4, 0.5) is 0 Å². The van der Waals surface area contributed by atoms with Gasteiger partial charge in [0.2, 0.25) is 0 Å². The predicted octanol–water partition coefficient (Wildman–Crippen LogP) is 1.32. The second-order valence-electron chi connectivity index (χ2n) is 3.22. The molecule has 1 N–H and O–H groups in total. The molecule has 0 aliphatic carbocycles. The van der Waals surface area contributed by atoms with Crippen molar-refractivity contribution in [3.63, 3.8) is 0 Å². The maximum Gasteiger partial charge on any atom is 0.137 e. The number of aldehydes is 1. The Morgan fingerprint density at radius 3 is 2.46 bits per heavy atom.